The molecule has 2 heterocycles. The first-order valence-electron chi connectivity index (χ1n) is 17.8. The Kier molecular flexibility index (Phi) is 9.91. The predicted molar refractivity (Wildman–Crippen MR) is 184 cm³/mol. The van der Waals surface area contributed by atoms with E-state index in [2.05, 4.69) is 26.0 Å². The summed E-state index contributed by atoms with van der Waals surface area (Å²) in [5, 5.41) is 21.7. The number of aliphatic hydroxyl groups excluding tert-OH is 1. The van der Waals surface area contributed by atoms with Crippen molar-refractivity contribution in [1.82, 2.24) is 0 Å². The van der Waals surface area contributed by atoms with Crippen LogP contribution in [0.1, 0.15) is 129 Å². The lowest BCUT2D eigenvalue weighted by Crippen LogP contribution is -2.70. The molecule has 2 aliphatic heterocycles. The maximum atomic E-state index is 15.6. The van der Waals surface area contributed by atoms with Gasteiger partial charge in [0.2, 0.25) is 0 Å². The number of carbonyl (C=O) groups is 3. The molecule has 3 fully saturated rings. The molecule has 7 heteroatoms. The maximum Gasteiger partial charge on any atom is 0.183 e. The summed E-state index contributed by atoms with van der Waals surface area (Å²) in [6.45, 7) is 25.1. The van der Waals surface area contributed by atoms with E-state index in [0.717, 1.165) is 11.1 Å². The Morgan fingerprint density at radius 3 is 2.09 bits per heavy atom. The van der Waals surface area contributed by atoms with Crippen LogP contribution in [0.3, 0.4) is 0 Å². The van der Waals surface area contributed by atoms with Crippen molar-refractivity contribution in [3.05, 3.63) is 34.6 Å². The second kappa shape index (κ2) is 12.4. The van der Waals surface area contributed by atoms with Gasteiger partial charge < -0.3 is 19.7 Å². The Morgan fingerprint density at radius 1 is 1.00 bits per heavy atom. The fourth-order valence-electron chi connectivity index (χ4n) is 9.75. The summed E-state index contributed by atoms with van der Waals surface area (Å²) in [6.07, 6.45) is 5.69. The van der Waals surface area contributed by atoms with E-state index in [1.54, 1.807) is 27.7 Å². The predicted octanol–water partition coefficient (Wildman–Crippen LogP) is 7.48. The number of allylic oxidation sites excluding steroid dienone is 5. The summed E-state index contributed by atoms with van der Waals surface area (Å²) in [5.74, 6) is -1.69. The highest BCUT2D eigenvalue weighted by molar-refractivity contribution is 6.33. The number of Topliss-reactive ketones (excluding diaryl/α,β-unsaturated/α-hetero) is 3. The second-order valence-corrected chi connectivity index (χ2v) is 17.9. The Labute approximate surface area is 283 Å². The Hall–Kier alpha value is -2.09. The van der Waals surface area contributed by atoms with Crippen molar-refractivity contribution < 1.29 is 34.1 Å². The zero-order chi connectivity index (χ0) is 35.7. The van der Waals surface area contributed by atoms with Gasteiger partial charge in [-0.2, -0.15) is 0 Å². The lowest BCUT2D eigenvalue weighted by Gasteiger charge is -2.60. The molecule has 0 aromatic rings. The summed E-state index contributed by atoms with van der Waals surface area (Å²) in [4.78, 5) is 46.1. The lowest BCUT2D eigenvalue weighted by molar-refractivity contribution is -0.179. The molecular weight excluding hydrogens is 592 g/mol. The molecular formula is C40H62O7. The molecule has 1 saturated carbocycles. The van der Waals surface area contributed by atoms with Crippen LogP contribution in [0.2, 0.25) is 0 Å². The number of ether oxygens (including phenoxy) is 2. The molecule has 0 aromatic heterocycles. The minimum Gasteiger partial charge on any atom is -0.490 e. The van der Waals surface area contributed by atoms with Crippen molar-refractivity contribution in [2.24, 2.45) is 39.4 Å². The molecule has 4 aliphatic rings. The fourth-order valence-corrected chi connectivity index (χ4v) is 9.75. The molecule has 0 radical (unpaired) electrons. The highest BCUT2D eigenvalue weighted by Gasteiger charge is 2.78. The number of aliphatic hydroxyl groups is 2. The van der Waals surface area contributed by atoms with Crippen molar-refractivity contribution in [3.8, 4) is 0 Å². The van der Waals surface area contributed by atoms with Crippen LogP contribution in [0, 0.1) is 39.4 Å². The molecule has 47 heavy (non-hydrogen) atoms. The lowest BCUT2D eigenvalue weighted by atomic mass is 9.38. The van der Waals surface area contributed by atoms with Gasteiger partial charge in [-0.25, -0.2) is 0 Å². The van der Waals surface area contributed by atoms with Crippen LogP contribution in [0.15, 0.2) is 34.6 Å². The molecule has 0 aromatic carbocycles. The summed E-state index contributed by atoms with van der Waals surface area (Å²) >= 11 is 0. The zero-order valence-corrected chi connectivity index (χ0v) is 31.4. The average molecular weight is 655 g/mol. The summed E-state index contributed by atoms with van der Waals surface area (Å²) < 4.78 is 13.3. The topological polar surface area (TPSA) is 110 Å². The van der Waals surface area contributed by atoms with Crippen LogP contribution in [-0.2, 0) is 23.9 Å². The first-order valence-corrected chi connectivity index (χ1v) is 17.8. The quantitative estimate of drug-likeness (QED) is 0.176. The van der Waals surface area contributed by atoms with Crippen molar-refractivity contribution in [2.75, 3.05) is 6.61 Å². The van der Waals surface area contributed by atoms with Crippen LogP contribution >= 0.6 is 0 Å². The van der Waals surface area contributed by atoms with Crippen molar-refractivity contribution >= 4 is 17.3 Å². The van der Waals surface area contributed by atoms with E-state index in [1.165, 1.54) is 0 Å². The highest BCUT2D eigenvalue weighted by atomic mass is 16.5. The van der Waals surface area contributed by atoms with Gasteiger partial charge >= 0.3 is 0 Å². The van der Waals surface area contributed by atoms with Gasteiger partial charge in [-0.15, -0.1) is 0 Å². The highest BCUT2D eigenvalue weighted by Crippen LogP contribution is 2.70. The van der Waals surface area contributed by atoms with E-state index in [1.807, 2.05) is 48.5 Å². The largest absolute Gasteiger partial charge is 0.490 e. The van der Waals surface area contributed by atoms with Crippen LogP contribution in [0.5, 0.6) is 0 Å². The van der Waals surface area contributed by atoms with Gasteiger partial charge in [-0.3, -0.25) is 14.4 Å². The molecule has 0 unspecified atom stereocenters. The summed E-state index contributed by atoms with van der Waals surface area (Å²) in [6, 6.07) is 0. The van der Waals surface area contributed by atoms with Crippen molar-refractivity contribution in [3.63, 3.8) is 0 Å². The molecule has 4 rings (SSSR count). The Morgan fingerprint density at radius 2 is 1.60 bits per heavy atom. The van der Waals surface area contributed by atoms with Gasteiger partial charge in [-0.1, -0.05) is 57.9 Å². The SMILES string of the molecule is CC(C)=CCC[C@]1(C)[C@@H](CC=C(C)C)C[C@]23C[C@@H](C(C)(C)O)OC2=C(C[C@@H]2OC(C)(C)[C@H](CO)C2(C)C)C(=O)[C@@]1(C(=O)C(C)C)C3=O. The molecule has 2 bridgehead atoms. The van der Waals surface area contributed by atoms with Crippen molar-refractivity contribution in [2.45, 2.75) is 152 Å². The molecule has 264 valence electrons. The first kappa shape index (κ1) is 37.7. The average Bonchev–Trinajstić information content (AvgIpc) is 3.40. The maximum absolute atomic E-state index is 15.6. The van der Waals surface area contributed by atoms with Gasteiger partial charge in [-0.05, 0) is 97.8 Å². The number of ketones is 3. The second-order valence-electron chi connectivity index (χ2n) is 17.9. The van der Waals surface area contributed by atoms with E-state index in [4.69, 9.17) is 9.47 Å². The third-order valence-electron chi connectivity index (χ3n) is 12.5. The third kappa shape index (κ3) is 5.74. The number of carbonyl (C=O) groups excluding carboxylic acids is 3. The molecule has 2 aliphatic carbocycles. The normalized spacial score (nSPS) is 35.9. The van der Waals surface area contributed by atoms with Gasteiger partial charge in [0.15, 0.2) is 22.8 Å². The molecule has 0 amide bonds. The monoisotopic (exact) mass is 654 g/mol. The minimum atomic E-state index is -1.90. The van der Waals surface area contributed by atoms with E-state index in [0.29, 0.717) is 37.0 Å². The van der Waals surface area contributed by atoms with Gasteiger partial charge in [0.1, 0.15) is 11.9 Å². The smallest absolute Gasteiger partial charge is 0.183 e. The van der Waals surface area contributed by atoms with Crippen LogP contribution in [-0.4, -0.2) is 57.6 Å². The Balaban J connectivity index is 2.07. The molecule has 1 spiro atoms. The zero-order valence-electron chi connectivity index (χ0n) is 31.4. The van der Waals surface area contributed by atoms with Crippen LogP contribution in [0.4, 0.5) is 0 Å². The van der Waals surface area contributed by atoms with E-state index < -0.39 is 56.8 Å². The van der Waals surface area contributed by atoms with Gasteiger partial charge in [0, 0.05) is 36.9 Å². The van der Waals surface area contributed by atoms with E-state index in [-0.39, 0.29) is 42.9 Å². The summed E-state index contributed by atoms with van der Waals surface area (Å²) in [5.41, 5.74) is -3.90. The first-order chi connectivity index (χ1) is 21.4. The van der Waals surface area contributed by atoms with E-state index in [9.17, 15) is 15.0 Å². The molecule has 7 atom stereocenters. The van der Waals surface area contributed by atoms with Crippen LogP contribution < -0.4 is 0 Å². The molecule has 2 saturated heterocycles. The minimum absolute atomic E-state index is 0.0691. The van der Waals surface area contributed by atoms with Crippen molar-refractivity contribution in [1.29, 1.82) is 0 Å². The van der Waals surface area contributed by atoms with E-state index >= 15 is 9.59 Å². The summed E-state index contributed by atoms with van der Waals surface area (Å²) in [7, 11) is 0. The molecule has 2 N–H and O–H groups in total. The molecule has 7 nitrogen and oxygen atoms in total. The fraction of sp³-hybridized carbons (Fsp3) is 0.775. The number of hydrogen-bond acceptors (Lipinski definition) is 7. The van der Waals surface area contributed by atoms with Crippen LogP contribution in [0.25, 0.3) is 0 Å². The standard InChI is InChI=1S/C40H62O7/c1-23(2)15-14-18-38(13)26(17-16-24(3)4)20-39-21-30(36(9,10)45)46-33(39)27(32(43)40(38,34(39)44)31(42)25(5)6)19-29-35(7,8)28(22-41)37(11,12)47-29/h15-16,25-26,28-30,41,45H,14,17-22H2,1-13H3/t26-,28+,29-,30-,38+,39-,40-/m0/s1. The third-order valence-corrected chi connectivity index (χ3v) is 12.5. The number of rotatable bonds is 11. The number of hydrogen-bond donors (Lipinski definition) is 2. The number of fused-ring (bicyclic) bond motifs is 1. The van der Waals surface area contributed by atoms with Gasteiger partial charge in [0.05, 0.1) is 22.7 Å². The Bertz CT molecular complexity index is 1380. The van der Waals surface area contributed by atoms with Gasteiger partial charge in [0.25, 0.3) is 0 Å².